The molecule has 0 aromatic carbocycles. The zero-order chi connectivity index (χ0) is 13.9. The number of piperazine rings is 1. The van der Waals surface area contributed by atoms with Crippen LogP contribution < -0.4 is 5.32 Å². The maximum Gasteiger partial charge on any atom is 0.246 e. The van der Waals surface area contributed by atoms with Gasteiger partial charge in [0.05, 0.1) is 0 Å². The molecule has 1 aliphatic rings. The van der Waals surface area contributed by atoms with E-state index in [1.54, 1.807) is 4.90 Å². The number of nitrogens with one attached hydrogen (secondary N) is 1. The van der Waals surface area contributed by atoms with Crippen LogP contribution in [0.5, 0.6) is 0 Å². The highest BCUT2D eigenvalue weighted by atomic mass is 16.2. The Morgan fingerprint density at radius 1 is 1.22 bits per heavy atom. The monoisotopic (exact) mass is 254 g/mol. The molecular formula is C14H26N2O2. The van der Waals surface area contributed by atoms with Gasteiger partial charge in [0.1, 0.15) is 12.1 Å². The second kappa shape index (κ2) is 6.21. The first-order chi connectivity index (χ1) is 8.38. The van der Waals surface area contributed by atoms with Crippen molar-refractivity contribution in [2.75, 3.05) is 6.54 Å². The highest BCUT2D eigenvalue weighted by Gasteiger charge is 2.40. The summed E-state index contributed by atoms with van der Waals surface area (Å²) in [6.07, 6.45) is 1.65. The maximum atomic E-state index is 12.4. The van der Waals surface area contributed by atoms with Crippen molar-refractivity contribution in [2.24, 2.45) is 11.8 Å². The van der Waals surface area contributed by atoms with Gasteiger partial charge in [-0.15, -0.1) is 0 Å². The van der Waals surface area contributed by atoms with Crippen LogP contribution in [0.25, 0.3) is 0 Å². The van der Waals surface area contributed by atoms with Crippen LogP contribution >= 0.6 is 0 Å². The molecule has 2 amide bonds. The van der Waals surface area contributed by atoms with Gasteiger partial charge in [-0.2, -0.15) is 0 Å². The quantitative estimate of drug-likeness (QED) is 0.813. The van der Waals surface area contributed by atoms with Crippen molar-refractivity contribution < 1.29 is 9.59 Å². The van der Waals surface area contributed by atoms with Crippen molar-refractivity contribution in [3.63, 3.8) is 0 Å². The molecule has 104 valence electrons. The molecule has 0 saturated carbocycles. The van der Waals surface area contributed by atoms with Crippen LogP contribution in [-0.4, -0.2) is 35.3 Å². The van der Waals surface area contributed by atoms with E-state index in [9.17, 15) is 9.59 Å². The molecule has 2 atom stereocenters. The molecule has 0 aromatic rings. The van der Waals surface area contributed by atoms with Gasteiger partial charge in [-0.05, 0) is 18.3 Å². The number of hydrogen-bond donors (Lipinski definition) is 1. The van der Waals surface area contributed by atoms with Crippen molar-refractivity contribution in [1.29, 1.82) is 0 Å². The first kappa shape index (κ1) is 15.0. The largest absolute Gasteiger partial charge is 0.342 e. The van der Waals surface area contributed by atoms with E-state index in [0.29, 0.717) is 12.5 Å². The topological polar surface area (TPSA) is 49.4 Å². The molecule has 18 heavy (non-hydrogen) atoms. The van der Waals surface area contributed by atoms with E-state index in [0.717, 1.165) is 12.8 Å². The average molecular weight is 254 g/mol. The van der Waals surface area contributed by atoms with Crippen LogP contribution in [0, 0.1) is 11.8 Å². The van der Waals surface area contributed by atoms with Crippen molar-refractivity contribution in [3.8, 4) is 0 Å². The zero-order valence-corrected chi connectivity index (χ0v) is 12.2. The van der Waals surface area contributed by atoms with E-state index in [4.69, 9.17) is 0 Å². The summed E-state index contributed by atoms with van der Waals surface area (Å²) in [6, 6.07) is -0.635. The molecule has 1 saturated heterocycles. The molecule has 0 aliphatic carbocycles. The predicted molar refractivity (Wildman–Crippen MR) is 72.0 cm³/mol. The van der Waals surface area contributed by atoms with Crippen molar-refractivity contribution >= 4 is 11.8 Å². The fraction of sp³-hybridized carbons (Fsp3) is 0.857. The average Bonchev–Trinajstić information content (AvgIpc) is 2.27. The molecule has 0 spiro atoms. The summed E-state index contributed by atoms with van der Waals surface area (Å²) in [5.41, 5.74) is 0. The van der Waals surface area contributed by atoms with E-state index in [2.05, 4.69) is 19.2 Å². The number of rotatable bonds is 5. The van der Waals surface area contributed by atoms with E-state index < -0.39 is 0 Å². The Hall–Kier alpha value is -1.06. The molecule has 1 fully saturated rings. The zero-order valence-electron chi connectivity index (χ0n) is 12.2. The standard InChI is InChI=1S/C14H26N2O2/c1-6-7-11-13(17)15-12(10(4)5)14(18)16(11)8-9(2)3/h9-12H,6-8H2,1-5H3,(H,15,17). The Morgan fingerprint density at radius 2 is 1.83 bits per heavy atom. The van der Waals surface area contributed by atoms with Crippen LogP contribution in [0.2, 0.25) is 0 Å². The van der Waals surface area contributed by atoms with Gasteiger partial charge in [-0.1, -0.05) is 41.0 Å². The van der Waals surface area contributed by atoms with Crippen LogP contribution in [0.4, 0.5) is 0 Å². The van der Waals surface area contributed by atoms with E-state index in [1.807, 2.05) is 20.8 Å². The predicted octanol–water partition coefficient (Wildman–Crippen LogP) is 1.79. The smallest absolute Gasteiger partial charge is 0.246 e. The van der Waals surface area contributed by atoms with Crippen LogP contribution in [0.3, 0.4) is 0 Å². The summed E-state index contributed by atoms with van der Waals surface area (Å²) in [5.74, 6) is 0.609. The summed E-state index contributed by atoms with van der Waals surface area (Å²) >= 11 is 0. The summed E-state index contributed by atoms with van der Waals surface area (Å²) in [7, 11) is 0. The molecule has 4 heteroatoms. The number of carbonyl (C=O) groups is 2. The first-order valence-electron chi connectivity index (χ1n) is 6.99. The molecule has 0 aromatic heterocycles. The highest BCUT2D eigenvalue weighted by molar-refractivity contribution is 5.97. The molecule has 1 aliphatic heterocycles. The fourth-order valence-electron chi connectivity index (χ4n) is 2.41. The van der Waals surface area contributed by atoms with Gasteiger partial charge in [0.25, 0.3) is 0 Å². The minimum atomic E-state index is -0.357. The maximum absolute atomic E-state index is 12.4. The van der Waals surface area contributed by atoms with Crippen molar-refractivity contribution in [2.45, 2.75) is 59.5 Å². The van der Waals surface area contributed by atoms with Gasteiger partial charge in [0.2, 0.25) is 11.8 Å². The number of amides is 2. The molecule has 0 radical (unpaired) electrons. The van der Waals surface area contributed by atoms with Gasteiger partial charge in [-0.25, -0.2) is 0 Å². The third-order valence-corrected chi connectivity index (χ3v) is 3.32. The number of nitrogens with zero attached hydrogens (tertiary/aromatic N) is 1. The summed E-state index contributed by atoms with van der Waals surface area (Å²) in [6.45, 7) is 10.8. The Labute approximate surface area is 110 Å². The fourth-order valence-corrected chi connectivity index (χ4v) is 2.41. The lowest BCUT2D eigenvalue weighted by atomic mass is 9.95. The van der Waals surface area contributed by atoms with Gasteiger partial charge >= 0.3 is 0 Å². The third kappa shape index (κ3) is 3.24. The Kier molecular flexibility index (Phi) is 5.17. The molecular weight excluding hydrogens is 228 g/mol. The van der Waals surface area contributed by atoms with Crippen LogP contribution in [0.1, 0.15) is 47.5 Å². The van der Waals surface area contributed by atoms with E-state index in [1.165, 1.54) is 0 Å². The molecule has 1 rings (SSSR count). The normalized spacial score (nSPS) is 24.9. The minimum absolute atomic E-state index is 0.0100. The minimum Gasteiger partial charge on any atom is -0.342 e. The molecule has 1 N–H and O–H groups in total. The Balaban J connectivity index is 2.93. The van der Waals surface area contributed by atoms with Gasteiger partial charge < -0.3 is 10.2 Å². The van der Waals surface area contributed by atoms with Gasteiger partial charge in [0, 0.05) is 6.54 Å². The van der Waals surface area contributed by atoms with Crippen LogP contribution in [-0.2, 0) is 9.59 Å². The van der Waals surface area contributed by atoms with Gasteiger partial charge in [0.15, 0.2) is 0 Å². The van der Waals surface area contributed by atoms with Crippen molar-refractivity contribution in [1.82, 2.24) is 10.2 Å². The third-order valence-electron chi connectivity index (χ3n) is 3.32. The number of hydrogen-bond acceptors (Lipinski definition) is 2. The Morgan fingerprint density at radius 3 is 2.28 bits per heavy atom. The van der Waals surface area contributed by atoms with E-state index >= 15 is 0 Å². The lowest BCUT2D eigenvalue weighted by molar-refractivity contribution is -0.151. The lowest BCUT2D eigenvalue weighted by Gasteiger charge is -2.41. The SMILES string of the molecule is CCCC1C(=O)NC(C(C)C)C(=O)N1CC(C)C. The summed E-state index contributed by atoms with van der Waals surface area (Å²) in [4.78, 5) is 26.4. The highest BCUT2D eigenvalue weighted by Crippen LogP contribution is 2.19. The summed E-state index contributed by atoms with van der Waals surface area (Å²) < 4.78 is 0. The second-order valence-corrected chi connectivity index (χ2v) is 5.92. The van der Waals surface area contributed by atoms with E-state index in [-0.39, 0.29) is 29.8 Å². The molecule has 2 unspecified atom stereocenters. The van der Waals surface area contributed by atoms with Gasteiger partial charge in [-0.3, -0.25) is 9.59 Å². The van der Waals surface area contributed by atoms with Crippen LogP contribution in [0.15, 0.2) is 0 Å². The summed E-state index contributed by atoms with van der Waals surface area (Å²) in [5, 5.41) is 2.87. The molecule has 4 nitrogen and oxygen atoms in total. The molecule has 0 bridgehead atoms. The Bertz CT molecular complexity index is 313. The van der Waals surface area contributed by atoms with Crippen molar-refractivity contribution in [3.05, 3.63) is 0 Å². The molecule has 1 heterocycles. The first-order valence-corrected chi connectivity index (χ1v) is 6.99. The lowest BCUT2D eigenvalue weighted by Crippen LogP contribution is -2.65. The second-order valence-electron chi connectivity index (χ2n) is 5.92. The number of carbonyl (C=O) groups excluding carboxylic acids is 2.